The summed E-state index contributed by atoms with van der Waals surface area (Å²) in [6, 6.07) is 39.6. The summed E-state index contributed by atoms with van der Waals surface area (Å²) < 4.78 is 23.3. The van der Waals surface area contributed by atoms with Crippen LogP contribution >= 0.6 is 0 Å². The molecule has 4 fully saturated rings. The van der Waals surface area contributed by atoms with E-state index in [1.165, 1.54) is 48.5 Å². The molecule has 4 saturated heterocycles. The minimum atomic E-state index is -0.706. The first-order valence-corrected chi connectivity index (χ1v) is 32.2. The fraction of sp³-hybridized carbons (Fsp3) is 0.316. The van der Waals surface area contributed by atoms with E-state index in [4.69, 9.17) is 18.9 Å². The van der Waals surface area contributed by atoms with Crippen LogP contribution in [0.25, 0.3) is 0 Å². The van der Waals surface area contributed by atoms with Crippen molar-refractivity contribution < 1.29 is 165 Å². The van der Waals surface area contributed by atoms with E-state index in [1.54, 1.807) is 125 Å². The van der Waals surface area contributed by atoms with Gasteiger partial charge in [-0.3, -0.25) is 38.8 Å². The Labute approximate surface area is 642 Å². The van der Waals surface area contributed by atoms with Crippen LogP contribution in [0.1, 0.15) is 133 Å². The number of aldehydes is 4. The Morgan fingerprint density at radius 1 is 0.327 bits per heavy atom. The second-order valence-electron chi connectivity index (χ2n) is 24.9. The van der Waals surface area contributed by atoms with E-state index in [0.29, 0.717) is 122 Å². The van der Waals surface area contributed by atoms with Gasteiger partial charge in [-0.2, -0.15) is 0 Å². The van der Waals surface area contributed by atoms with Crippen LogP contribution < -0.4 is 40.9 Å². The van der Waals surface area contributed by atoms with Crippen molar-refractivity contribution in [2.45, 2.75) is 103 Å². The number of carbonyl (C=O) groups is 4. The number of aliphatic hydroxyl groups is 4. The van der Waals surface area contributed by atoms with Crippen molar-refractivity contribution >= 4 is 25.1 Å². The number of hydrogen-bond acceptors (Lipinski definition) is 24. The molecule has 556 valence electrons. The Morgan fingerprint density at radius 2 is 0.510 bits per heavy atom. The topological polar surface area (TPSA) is 384 Å². The van der Waals surface area contributed by atoms with Crippen molar-refractivity contribution in [3.63, 3.8) is 0 Å². The monoisotopic (exact) mass is 1600 g/mol. The normalized spacial score (nSPS) is 19.9. The Bertz CT molecular complexity index is 3650. The van der Waals surface area contributed by atoms with Crippen LogP contribution in [0.15, 0.2) is 146 Å². The molecule has 24 nitrogen and oxygen atoms in total. The third-order valence-electron chi connectivity index (χ3n) is 17.3. The van der Waals surface area contributed by atoms with Crippen molar-refractivity contribution in [2.24, 2.45) is 0 Å². The summed E-state index contributed by atoms with van der Waals surface area (Å²) in [6.07, 6.45) is -2.50. The van der Waals surface area contributed by atoms with Crippen LogP contribution in [-0.4, -0.2) is 142 Å². The number of para-hydroxylation sites is 4. The minimum Gasteiger partial charge on any atom is -0.872 e. The second-order valence-corrected chi connectivity index (χ2v) is 24.9. The van der Waals surface area contributed by atoms with Gasteiger partial charge in [-0.1, -0.05) is 167 Å². The molecular formula is C76H76N4Ni4O20+4. The number of aryl methyl sites for hydroxylation is 4. The smallest absolute Gasteiger partial charge is 0.872 e. The van der Waals surface area contributed by atoms with Gasteiger partial charge < -0.3 is 80.2 Å². The number of rotatable bonds is 20. The Kier molecular flexibility index (Phi) is 34.1. The standard InChI is InChI=1S/4C19H21NO5.4Ni/c4*1-12-6-14(10-21)18(24)16(7-12)19-20(9-15(11-22)25-19)8-13-4-2-3-5-17(13)23;;;;/h4*2-7,10,15,19,22-24H,8-9,11H2,1H3;;;;/q;;;;4*+3/p-8/t4*15-,19-;;;;/m1100..../s1. The third-order valence-corrected chi connectivity index (χ3v) is 17.3. The maximum atomic E-state index is 12.5. The molecule has 104 heavy (non-hydrogen) atoms. The van der Waals surface area contributed by atoms with Gasteiger partial charge in [0, 0.05) is 74.6 Å². The van der Waals surface area contributed by atoms with Gasteiger partial charge in [0.25, 0.3) is 0 Å². The molecule has 4 radical (unpaired) electrons. The molecule has 4 N–H and O–H groups in total. The van der Waals surface area contributed by atoms with Crippen molar-refractivity contribution in [1.29, 1.82) is 0 Å². The SMILES string of the molecule is Cc1cc(C=O)c([O-])c([C@@H]2O[C@H](CO)CN2Cc2ccccc2[O-])c1.Cc1cc(C=O)c([O-])c([C@@H]2O[C@H](CO)CN2Cc2ccccc2[O-])c1.Cc1cc(C=O)c([O-])c([C@H]2O[C@@H](CO)CN2Cc2ccccc2[O-])c1.Cc1cc(C=O)c([O-])c([C@H]2O[C@@H](CO)CN2Cc2ccccc2[O-])c1.[Ni+3].[Ni+3].[Ni+3].[Ni+3]. The zero-order valence-electron chi connectivity index (χ0n) is 56.6. The molecule has 0 saturated carbocycles. The van der Waals surface area contributed by atoms with Gasteiger partial charge in [-0.05, 0) is 96.5 Å². The molecule has 8 aromatic rings. The molecule has 0 aliphatic carbocycles. The molecule has 0 unspecified atom stereocenters. The zero-order chi connectivity index (χ0) is 71.9. The van der Waals surface area contributed by atoms with E-state index < -0.39 is 49.3 Å². The summed E-state index contributed by atoms with van der Waals surface area (Å²) in [4.78, 5) is 51.9. The average Bonchev–Trinajstić information content (AvgIpc) is 1.42. The van der Waals surface area contributed by atoms with Crippen LogP contribution in [0.5, 0.6) is 46.0 Å². The van der Waals surface area contributed by atoms with E-state index in [9.17, 15) is 80.5 Å². The number of benzene rings is 8. The first-order valence-electron chi connectivity index (χ1n) is 32.2. The van der Waals surface area contributed by atoms with Gasteiger partial charge in [-0.25, -0.2) is 0 Å². The minimum absolute atomic E-state index is 0. The summed E-state index contributed by atoms with van der Waals surface area (Å²) in [6.45, 7) is 9.18. The molecule has 28 heteroatoms. The molecule has 12 rings (SSSR count). The van der Waals surface area contributed by atoms with Gasteiger partial charge >= 0.3 is 66.0 Å². The Hall–Kier alpha value is -7.67. The maximum absolute atomic E-state index is 12.5. The van der Waals surface area contributed by atoms with E-state index in [0.717, 1.165) is 22.3 Å². The van der Waals surface area contributed by atoms with Gasteiger partial charge in [0.05, 0.1) is 50.8 Å². The van der Waals surface area contributed by atoms with Crippen molar-refractivity contribution in [3.8, 4) is 46.0 Å². The predicted octanol–water partition coefficient (Wildman–Crippen LogP) is 3.38. The molecule has 0 bridgehead atoms. The van der Waals surface area contributed by atoms with Crippen LogP contribution in [0, 0.1) is 27.7 Å². The summed E-state index contributed by atoms with van der Waals surface area (Å²) in [7, 11) is 0. The molecule has 0 aromatic heterocycles. The number of ether oxygens (including phenoxy) is 4. The quantitative estimate of drug-likeness (QED) is 0.0627. The largest absolute Gasteiger partial charge is 3.00 e. The zero-order valence-corrected chi connectivity index (χ0v) is 60.6. The Balaban J connectivity index is 0.000000246. The van der Waals surface area contributed by atoms with E-state index in [1.807, 2.05) is 19.6 Å². The fourth-order valence-corrected chi connectivity index (χ4v) is 12.6. The number of nitrogens with zero attached hydrogens (tertiary/aromatic N) is 4. The molecule has 4 aliphatic rings. The maximum Gasteiger partial charge on any atom is 3.00 e. The predicted molar refractivity (Wildman–Crippen MR) is 348 cm³/mol. The second kappa shape index (κ2) is 40.7. The van der Waals surface area contributed by atoms with E-state index in [-0.39, 0.29) is 161 Å². The van der Waals surface area contributed by atoms with Gasteiger partial charge in [0.2, 0.25) is 0 Å². The fourth-order valence-electron chi connectivity index (χ4n) is 12.6. The molecule has 4 heterocycles. The summed E-state index contributed by atoms with van der Waals surface area (Å²) in [5.41, 5.74) is 7.16. The van der Waals surface area contributed by atoms with Crippen LogP contribution in [-0.2, 0) is 111 Å². The van der Waals surface area contributed by atoms with Crippen molar-refractivity contribution in [1.82, 2.24) is 19.6 Å². The summed E-state index contributed by atoms with van der Waals surface area (Å²) >= 11 is 0. The van der Waals surface area contributed by atoms with Gasteiger partial charge in [0.1, 0.15) is 50.1 Å². The molecular weight excluding hydrogens is 1520 g/mol. The summed E-state index contributed by atoms with van der Waals surface area (Å²) in [5, 5.41) is 136. The van der Waals surface area contributed by atoms with Gasteiger partial charge in [0.15, 0.2) is 0 Å². The molecule has 0 amide bonds. The third kappa shape index (κ3) is 21.3. The first-order chi connectivity index (χ1) is 48.1. The number of hydrogen-bond donors (Lipinski definition) is 4. The van der Waals surface area contributed by atoms with Gasteiger partial charge in [-0.15, -0.1) is 23.0 Å². The average molecular weight is 1600 g/mol. The van der Waals surface area contributed by atoms with E-state index in [2.05, 4.69) is 0 Å². The van der Waals surface area contributed by atoms with Crippen LogP contribution in [0.2, 0.25) is 0 Å². The molecule has 8 aromatic carbocycles. The number of aliphatic hydroxyl groups excluding tert-OH is 4. The molecule has 4 aliphatic heterocycles. The van der Waals surface area contributed by atoms with Crippen LogP contribution in [0.3, 0.4) is 0 Å². The molecule has 0 spiro atoms. The van der Waals surface area contributed by atoms with Crippen molar-refractivity contribution in [3.05, 3.63) is 235 Å². The Morgan fingerprint density at radius 3 is 0.673 bits per heavy atom. The summed E-state index contributed by atoms with van der Waals surface area (Å²) in [5.74, 6) is -1.89. The first kappa shape index (κ1) is 87.0. The van der Waals surface area contributed by atoms with E-state index >= 15 is 0 Å². The molecule has 8 atom stereocenters. The number of carbonyl (C=O) groups excluding carboxylic acids is 4. The van der Waals surface area contributed by atoms with Crippen LogP contribution in [0.4, 0.5) is 0 Å². The van der Waals surface area contributed by atoms with Crippen molar-refractivity contribution in [2.75, 3.05) is 52.6 Å².